The van der Waals surface area contributed by atoms with Gasteiger partial charge in [-0.25, -0.2) is 0 Å². The van der Waals surface area contributed by atoms with Crippen molar-refractivity contribution in [2.75, 3.05) is 0 Å². The Morgan fingerprint density at radius 3 is 1.80 bits per heavy atom. The van der Waals surface area contributed by atoms with Crippen molar-refractivity contribution in [2.45, 2.75) is 20.3 Å². The molecule has 84 valence electrons. The second kappa shape index (κ2) is 8.90. The van der Waals surface area contributed by atoms with Crippen LogP contribution in [0, 0.1) is 0 Å². The van der Waals surface area contributed by atoms with Crippen molar-refractivity contribution in [3.63, 3.8) is 0 Å². The van der Waals surface area contributed by atoms with Crippen molar-refractivity contribution in [1.82, 2.24) is 6.15 Å². The van der Waals surface area contributed by atoms with E-state index in [0.717, 1.165) is 13.3 Å². The minimum absolute atomic E-state index is 0. The van der Waals surface area contributed by atoms with E-state index in [2.05, 4.69) is 31.2 Å². The van der Waals surface area contributed by atoms with Gasteiger partial charge in [-0.3, -0.25) is 4.79 Å². The molecular weight excluding hydrogens is 194 g/mol. The molecule has 4 nitrogen and oxygen atoms in total. The minimum atomic E-state index is -1.63. The summed E-state index contributed by atoms with van der Waals surface area (Å²) in [5.74, 6) is -2.56. The number of hydrogen-bond acceptors (Lipinski definition) is 4. The molecule has 0 aliphatic carbocycles. The molecule has 0 bridgehead atoms. The minimum Gasteiger partial charge on any atom is -0.542 e. The highest BCUT2D eigenvalue weighted by Crippen LogP contribution is 1.96. The van der Waals surface area contributed by atoms with Gasteiger partial charge in [-0.05, 0) is 12.0 Å². The van der Waals surface area contributed by atoms with Crippen molar-refractivity contribution in [2.24, 2.45) is 0 Å². The van der Waals surface area contributed by atoms with Crippen molar-refractivity contribution < 1.29 is 14.7 Å². The number of ketones is 1. The van der Waals surface area contributed by atoms with Gasteiger partial charge in [0.15, 0.2) is 5.78 Å². The van der Waals surface area contributed by atoms with Gasteiger partial charge in [0.05, 0.1) is 0 Å². The average molecular weight is 210 g/mol. The first-order valence-corrected chi connectivity index (χ1v) is 4.33. The summed E-state index contributed by atoms with van der Waals surface area (Å²) < 4.78 is 0. The lowest BCUT2D eigenvalue weighted by molar-refractivity contribution is -0.299. The monoisotopic (exact) mass is 210 g/mol. The Balaban J connectivity index is 0. The molecule has 0 radical (unpaired) electrons. The summed E-state index contributed by atoms with van der Waals surface area (Å²) in [5, 5.41) is 9.24. The first-order valence-electron chi connectivity index (χ1n) is 4.33. The number of hydrogen-bond donors (Lipinski definition) is 1. The summed E-state index contributed by atoms with van der Waals surface area (Å²) in [5.41, 5.74) is 1.41. The Hall–Kier alpha value is -1.68. The third kappa shape index (κ3) is 8.64. The van der Waals surface area contributed by atoms with Gasteiger partial charge in [0.1, 0.15) is 5.97 Å². The van der Waals surface area contributed by atoms with Gasteiger partial charge in [0.2, 0.25) is 0 Å². The van der Waals surface area contributed by atoms with E-state index in [-0.39, 0.29) is 6.15 Å². The van der Waals surface area contributed by atoms with E-state index in [9.17, 15) is 14.7 Å². The molecule has 0 aliphatic rings. The molecule has 0 heterocycles. The Labute approximate surface area is 89.5 Å². The van der Waals surface area contributed by atoms with Gasteiger partial charge in [-0.2, -0.15) is 0 Å². The highest BCUT2D eigenvalue weighted by Gasteiger charge is 1.85. The first kappa shape index (κ1) is 15.8. The number of carbonyl (C=O) groups is 2. The van der Waals surface area contributed by atoms with Gasteiger partial charge in [0, 0.05) is 6.92 Å². The van der Waals surface area contributed by atoms with E-state index in [4.69, 9.17) is 0 Å². The van der Waals surface area contributed by atoms with Gasteiger partial charge < -0.3 is 16.1 Å². The summed E-state index contributed by atoms with van der Waals surface area (Å²) in [6, 6.07) is 10.5. The molecule has 3 N–H and O–H groups in total. The molecule has 0 unspecified atom stereocenters. The summed E-state index contributed by atoms with van der Waals surface area (Å²) in [6.45, 7) is 3.10. The number of Topliss-reactive ketones (excluding diaryl/α,β-unsaturated/α-hetero) is 1. The number of carboxylic acids is 1. The third-order valence-electron chi connectivity index (χ3n) is 1.54. The number of carbonyl (C=O) groups excluding carboxylic acids is 2. The normalized spacial score (nSPS) is 7.87. The fourth-order valence-electron chi connectivity index (χ4n) is 0.714. The molecule has 15 heavy (non-hydrogen) atoms. The van der Waals surface area contributed by atoms with E-state index in [1.807, 2.05) is 6.07 Å². The predicted octanol–water partition coefficient (Wildman–Crippen LogP) is 0.736. The average Bonchev–Trinajstić information content (AvgIpc) is 2.20. The fourth-order valence-corrected chi connectivity index (χ4v) is 0.714. The molecule has 0 aliphatic heterocycles. The maximum atomic E-state index is 9.48. The molecule has 0 amide bonds. The van der Waals surface area contributed by atoms with E-state index < -0.39 is 11.8 Å². The number of aliphatic carboxylic acids is 1. The Morgan fingerprint density at radius 2 is 1.60 bits per heavy atom. The van der Waals surface area contributed by atoms with E-state index in [1.165, 1.54) is 5.56 Å². The standard InChI is InChI=1S/C8H10.C3H4O3.H3N/c1-2-8-6-4-3-5-7-8;1-2(4)3(5)6;/h3-7H,2H2,1H3;1H3,(H,5,6);1H3/p-1. The van der Waals surface area contributed by atoms with E-state index in [0.29, 0.717) is 0 Å². The lowest BCUT2D eigenvalue weighted by atomic mass is 10.2. The van der Waals surface area contributed by atoms with Crippen LogP contribution < -0.4 is 11.3 Å². The highest BCUT2D eigenvalue weighted by atomic mass is 16.4. The molecule has 0 spiro atoms. The summed E-state index contributed by atoms with van der Waals surface area (Å²) in [6.07, 6.45) is 1.14. The van der Waals surface area contributed by atoms with Crippen LogP contribution in [0.5, 0.6) is 0 Å². The number of rotatable bonds is 2. The molecule has 0 aromatic heterocycles. The lowest BCUT2D eigenvalue weighted by Gasteiger charge is -1.89. The van der Waals surface area contributed by atoms with Crippen LogP contribution in [0.1, 0.15) is 19.4 Å². The second-order valence-electron chi connectivity index (χ2n) is 2.68. The van der Waals surface area contributed by atoms with Gasteiger partial charge in [-0.15, -0.1) is 0 Å². The first-order chi connectivity index (χ1) is 6.57. The number of benzene rings is 1. The fraction of sp³-hybridized carbons (Fsp3) is 0.273. The van der Waals surface area contributed by atoms with Crippen molar-refractivity contribution in [3.8, 4) is 0 Å². The summed E-state index contributed by atoms with van der Waals surface area (Å²) >= 11 is 0. The van der Waals surface area contributed by atoms with Crippen LogP contribution in [0.4, 0.5) is 0 Å². The van der Waals surface area contributed by atoms with Crippen LogP contribution in [0.25, 0.3) is 0 Å². The quantitative estimate of drug-likeness (QED) is 0.728. The zero-order valence-corrected chi connectivity index (χ0v) is 9.03. The highest BCUT2D eigenvalue weighted by molar-refractivity contribution is 6.30. The smallest absolute Gasteiger partial charge is 0.175 e. The predicted molar refractivity (Wildman–Crippen MR) is 56.5 cm³/mol. The largest absolute Gasteiger partial charge is 0.542 e. The van der Waals surface area contributed by atoms with Crippen LogP contribution in [-0.4, -0.2) is 11.8 Å². The van der Waals surface area contributed by atoms with Gasteiger partial charge in [0.25, 0.3) is 0 Å². The zero-order valence-electron chi connectivity index (χ0n) is 9.03. The maximum Gasteiger partial charge on any atom is 0.175 e. The zero-order chi connectivity index (χ0) is 11.0. The number of aryl methyl sites for hydroxylation is 1. The lowest BCUT2D eigenvalue weighted by Crippen LogP contribution is -2.29. The molecule has 1 aromatic carbocycles. The van der Waals surface area contributed by atoms with Crippen LogP contribution >= 0.6 is 0 Å². The third-order valence-corrected chi connectivity index (χ3v) is 1.54. The Kier molecular flexibility index (Phi) is 9.36. The van der Waals surface area contributed by atoms with Gasteiger partial charge >= 0.3 is 0 Å². The summed E-state index contributed by atoms with van der Waals surface area (Å²) in [7, 11) is 0. The molecule has 0 saturated carbocycles. The molecule has 0 fully saturated rings. The molecule has 0 atom stereocenters. The van der Waals surface area contributed by atoms with E-state index in [1.54, 1.807) is 0 Å². The molecule has 0 saturated heterocycles. The molecule has 4 heteroatoms. The SMILES string of the molecule is CC(=O)C(=O)[O-].CCc1ccccc1.N. The van der Waals surface area contributed by atoms with Crippen molar-refractivity contribution >= 4 is 11.8 Å². The number of carboxylic acid groups (broad SMARTS) is 1. The Bertz CT molecular complexity index is 284. The maximum absolute atomic E-state index is 9.48. The van der Waals surface area contributed by atoms with Crippen LogP contribution in [0.15, 0.2) is 30.3 Å². The van der Waals surface area contributed by atoms with Crippen LogP contribution in [0.3, 0.4) is 0 Å². The molecule has 1 aromatic rings. The molecule has 1 rings (SSSR count). The Morgan fingerprint density at radius 1 is 1.20 bits per heavy atom. The topological polar surface area (TPSA) is 92.2 Å². The van der Waals surface area contributed by atoms with Gasteiger partial charge in [-0.1, -0.05) is 37.3 Å². The van der Waals surface area contributed by atoms with Crippen LogP contribution in [-0.2, 0) is 16.0 Å². The van der Waals surface area contributed by atoms with Crippen LogP contribution in [0.2, 0.25) is 0 Å². The summed E-state index contributed by atoms with van der Waals surface area (Å²) in [4.78, 5) is 18.7. The second-order valence-corrected chi connectivity index (χ2v) is 2.68. The van der Waals surface area contributed by atoms with Crippen molar-refractivity contribution in [3.05, 3.63) is 35.9 Å². The molecular formula is C11H16NO3-. The van der Waals surface area contributed by atoms with Crippen molar-refractivity contribution in [1.29, 1.82) is 0 Å². The van der Waals surface area contributed by atoms with E-state index >= 15 is 0 Å².